The summed E-state index contributed by atoms with van der Waals surface area (Å²) in [7, 11) is 0. The van der Waals surface area contributed by atoms with Crippen LogP contribution in [-0.2, 0) is 0 Å². The molecule has 0 aromatic carbocycles. The molecule has 1 atom stereocenters. The van der Waals surface area contributed by atoms with Crippen molar-refractivity contribution in [3.63, 3.8) is 0 Å². The van der Waals surface area contributed by atoms with Crippen molar-refractivity contribution in [3.8, 4) is 0 Å². The fourth-order valence-electron chi connectivity index (χ4n) is 2.17. The van der Waals surface area contributed by atoms with Gasteiger partial charge in [-0.3, -0.25) is 4.98 Å². The van der Waals surface area contributed by atoms with E-state index in [1.54, 1.807) is 0 Å². The van der Waals surface area contributed by atoms with E-state index in [1.165, 1.54) is 50.5 Å². The molecule has 0 aliphatic carbocycles. The average Bonchev–Trinajstić information content (AvgIpc) is 2.42. The lowest BCUT2D eigenvalue weighted by Crippen LogP contribution is -2.19. The molecule has 0 aliphatic heterocycles. The molecule has 1 heterocycles. The van der Waals surface area contributed by atoms with E-state index in [0.29, 0.717) is 6.04 Å². The third kappa shape index (κ3) is 6.75. The van der Waals surface area contributed by atoms with Crippen molar-refractivity contribution in [2.75, 3.05) is 6.54 Å². The first-order chi connectivity index (χ1) is 8.84. The number of nitrogens with zero attached hydrogens (tertiary/aromatic N) is 1. The van der Waals surface area contributed by atoms with Gasteiger partial charge in [0.25, 0.3) is 0 Å². The van der Waals surface area contributed by atoms with Crippen molar-refractivity contribution in [1.29, 1.82) is 0 Å². The van der Waals surface area contributed by atoms with Crippen LogP contribution in [0.2, 0.25) is 0 Å². The maximum Gasteiger partial charge on any atom is 0.0292 e. The second-order valence-electron chi connectivity index (χ2n) is 5.08. The Balaban J connectivity index is 1.98. The van der Waals surface area contributed by atoms with Crippen LogP contribution in [0.3, 0.4) is 0 Å². The van der Waals surface area contributed by atoms with E-state index in [9.17, 15) is 0 Å². The van der Waals surface area contributed by atoms with E-state index >= 15 is 0 Å². The number of rotatable bonds is 10. The summed E-state index contributed by atoms with van der Waals surface area (Å²) in [5.74, 6) is 0. The lowest BCUT2D eigenvalue weighted by Gasteiger charge is -2.13. The summed E-state index contributed by atoms with van der Waals surface area (Å²) in [5, 5.41) is 3.57. The molecule has 2 heteroatoms. The van der Waals surface area contributed by atoms with Crippen molar-refractivity contribution in [2.45, 2.75) is 64.8 Å². The van der Waals surface area contributed by atoms with Gasteiger partial charge in [0, 0.05) is 18.4 Å². The summed E-state index contributed by atoms with van der Waals surface area (Å²) in [6, 6.07) is 4.61. The van der Waals surface area contributed by atoms with Crippen molar-refractivity contribution >= 4 is 0 Å². The highest BCUT2D eigenvalue weighted by Gasteiger charge is 2.02. The van der Waals surface area contributed by atoms with Crippen LogP contribution in [-0.4, -0.2) is 11.5 Å². The topological polar surface area (TPSA) is 24.9 Å². The molecule has 1 aromatic rings. The van der Waals surface area contributed by atoms with Crippen LogP contribution >= 0.6 is 0 Å². The molecule has 2 nitrogen and oxygen atoms in total. The highest BCUT2D eigenvalue weighted by molar-refractivity contribution is 5.13. The SMILES string of the molecule is CCCCCCCCCN[C@H](C)c1ccncc1. The van der Waals surface area contributed by atoms with E-state index in [4.69, 9.17) is 0 Å². The molecule has 0 amide bonds. The Kier molecular flexibility index (Phi) is 8.49. The molecule has 18 heavy (non-hydrogen) atoms. The summed E-state index contributed by atoms with van der Waals surface area (Å²) < 4.78 is 0. The third-order valence-corrected chi connectivity index (χ3v) is 3.44. The van der Waals surface area contributed by atoms with Crippen molar-refractivity contribution in [3.05, 3.63) is 30.1 Å². The Bertz CT molecular complexity index is 284. The van der Waals surface area contributed by atoms with Gasteiger partial charge >= 0.3 is 0 Å². The Hall–Kier alpha value is -0.890. The number of aromatic nitrogens is 1. The molecule has 0 unspecified atom stereocenters. The maximum absolute atomic E-state index is 4.05. The fourth-order valence-corrected chi connectivity index (χ4v) is 2.17. The molecule has 0 radical (unpaired) electrons. The van der Waals surface area contributed by atoms with Crippen LogP contribution in [0.5, 0.6) is 0 Å². The van der Waals surface area contributed by atoms with Gasteiger partial charge in [0.1, 0.15) is 0 Å². The summed E-state index contributed by atoms with van der Waals surface area (Å²) in [6.07, 6.45) is 13.3. The zero-order valence-corrected chi connectivity index (χ0v) is 12.0. The highest BCUT2D eigenvalue weighted by atomic mass is 14.9. The van der Waals surface area contributed by atoms with Crippen LogP contribution in [0.25, 0.3) is 0 Å². The first-order valence-corrected chi connectivity index (χ1v) is 7.48. The molecule has 1 rings (SSSR count). The molecule has 0 fully saturated rings. The van der Waals surface area contributed by atoms with Gasteiger partial charge in [-0.25, -0.2) is 0 Å². The summed E-state index contributed by atoms with van der Waals surface area (Å²) in [5.41, 5.74) is 1.33. The lowest BCUT2D eigenvalue weighted by atomic mass is 10.1. The average molecular weight is 248 g/mol. The minimum atomic E-state index is 0.438. The summed E-state index contributed by atoms with van der Waals surface area (Å²) >= 11 is 0. The van der Waals surface area contributed by atoms with Gasteiger partial charge in [-0.05, 0) is 37.6 Å². The molecule has 0 aliphatic rings. The first kappa shape index (κ1) is 15.2. The molecule has 1 N–H and O–H groups in total. The van der Waals surface area contributed by atoms with Crippen LogP contribution in [0.15, 0.2) is 24.5 Å². The van der Waals surface area contributed by atoms with E-state index in [-0.39, 0.29) is 0 Å². The van der Waals surface area contributed by atoms with Gasteiger partial charge in [-0.2, -0.15) is 0 Å². The van der Waals surface area contributed by atoms with Crippen molar-refractivity contribution in [2.24, 2.45) is 0 Å². The molecule has 102 valence electrons. The number of unbranched alkanes of at least 4 members (excludes halogenated alkanes) is 6. The van der Waals surface area contributed by atoms with Gasteiger partial charge in [-0.1, -0.05) is 45.4 Å². The van der Waals surface area contributed by atoms with Crippen LogP contribution in [0, 0.1) is 0 Å². The number of pyridine rings is 1. The van der Waals surface area contributed by atoms with Gasteiger partial charge in [0.2, 0.25) is 0 Å². The van der Waals surface area contributed by atoms with Crippen LogP contribution < -0.4 is 5.32 Å². The van der Waals surface area contributed by atoms with Crippen LogP contribution in [0.1, 0.15) is 70.4 Å². The van der Waals surface area contributed by atoms with Crippen molar-refractivity contribution < 1.29 is 0 Å². The molecule has 0 saturated heterocycles. The van der Waals surface area contributed by atoms with E-state index in [2.05, 4.69) is 36.3 Å². The number of hydrogen-bond acceptors (Lipinski definition) is 2. The quantitative estimate of drug-likeness (QED) is 0.617. The normalized spacial score (nSPS) is 12.6. The zero-order chi connectivity index (χ0) is 13.1. The number of nitrogens with one attached hydrogen (secondary N) is 1. The Morgan fingerprint density at radius 3 is 2.28 bits per heavy atom. The second kappa shape index (κ2) is 10.1. The molecule has 1 aromatic heterocycles. The highest BCUT2D eigenvalue weighted by Crippen LogP contribution is 2.11. The smallest absolute Gasteiger partial charge is 0.0292 e. The van der Waals surface area contributed by atoms with E-state index in [0.717, 1.165) is 6.54 Å². The summed E-state index contributed by atoms with van der Waals surface area (Å²) in [6.45, 7) is 5.61. The third-order valence-electron chi connectivity index (χ3n) is 3.44. The molecular formula is C16H28N2. The monoisotopic (exact) mass is 248 g/mol. The number of hydrogen-bond donors (Lipinski definition) is 1. The minimum absolute atomic E-state index is 0.438. The predicted octanol–water partition coefficient (Wildman–Crippen LogP) is 4.48. The minimum Gasteiger partial charge on any atom is -0.310 e. The predicted molar refractivity (Wildman–Crippen MR) is 78.6 cm³/mol. The van der Waals surface area contributed by atoms with Gasteiger partial charge in [0.15, 0.2) is 0 Å². The molecular weight excluding hydrogens is 220 g/mol. The van der Waals surface area contributed by atoms with Gasteiger partial charge in [0.05, 0.1) is 0 Å². The summed E-state index contributed by atoms with van der Waals surface area (Å²) in [4.78, 5) is 4.05. The standard InChI is InChI=1S/C16H28N2/c1-3-4-5-6-7-8-9-12-18-15(2)16-10-13-17-14-11-16/h10-11,13-15,18H,3-9,12H2,1-2H3/t15-/m1/s1. The Morgan fingerprint density at radius 2 is 1.61 bits per heavy atom. The van der Waals surface area contributed by atoms with Gasteiger partial charge < -0.3 is 5.32 Å². The van der Waals surface area contributed by atoms with Crippen molar-refractivity contribution in [1.82, 2.24) is 10.3 Å². The zero-order valence-electron chi connectivity index (χ0n) is 12.0. The molecule has 0 saturated carbocycles. The largest absolute Gasteiger partial charge is 0.310 e. The van der Waals surface area contributed by atoms with E-state index in [1.807, 2.05) is 12.4 Å². The van der Waals surface area contributed by atoms with E-state index < -0.39 is 0 Å². The maximum atomic E-state index is 4.05. The van der Waals surface area contributed by atoms with Crippen LogP contribution in [0.4, 0.5) is 0 Å². The second-order valence-corrected chi connectivity index (χ2v) is 5.08. The Labute approximate surface area is 112 Å². The molecule has 0 bridgehead atoms. The molecule has 0 spiro atoms. The van der Waals surface area contributed by atoms with Gasteiger partial charge in [-0.15, -0.1) is 0 Å². The Morgan fingerprint density at radius 1 is 1.00 bits per heavy atom. The first-order valence-electron chi connectivity index (χ1n) is 7.48. The fraction of sp³-hybridized carbons (Fsp3) is 0.688. The lowest BCUT2D eigenvalue weighted by molar-refractivity contribution is 0.524.